The van der Waals surface area contributed by atoms with Gasteiger partial charge in [0.05, 0.1) is 16.6 Å². The summed E-state index contributed by atoms with van der Waals surface area (Å²) in [5.41, 5.74) is 2.52. The third kappa shape index (κ3) is 8.02. The predicted octanol–water partition coefficient (Wildman–Crippen LogP) is -4.06. The van der Waals surface area contributed by atoms with Crippen molar-refractivity contribution in [3.05, 3.63) is 83.9 Å². The van der Waals surface area contributed by atoms with Gasteiger partial charge in [0.15, 0.2) is 0 Å². The number of benzene rings is 3. The van der Waals surface area contributed by atoms with Crippen molar-refractivity contribution in [3.63, 3.8) is 0 Å². The first-order valence-corrected chi connectivity index (χ1v) is 10.1. The topological polar surface area (TPSA) is 167 Å². The summed E-state index contributed by atoms with van der Waals surface area (Å²) in [7, 11) is -4.52. The van der Waals surface area contributed by atoms with Gasteiger partial charge in [0.25, 0.3) is 10.1 Å². The van der Waals surface area contributed by atoms with E-state index >= 15 is 0 Å². The van der Waals surface area contributed by atoms with E-state index in [9.17, 15) is 23.4 Å². The summed E-state index contributed by atoms with van der Waals surface area (Å²) in [6.07, 6.45) is 0. The van der Waals surface area contributed by atoms with Crippen LogP contribution in [0.5, 0.6) is 5.75 Å². The second kappa shape index (κ2) is 13.0. The van der Waals surface area contributed by atoms with Gasteiger partial charge in [-0.3, -0.25) is 9.98 Å². The monoisotopic (exact) mass is 484 g/mol. The minimum Gasteiger partial charge on any atom is -0.871 e. The van der Waals surface area contributed by atoms with Crippen molar-refractivity contribution in [1.29, 1.82) is 0 Å². The number of carbonyl (C=O) groups excluding carboxylic acids is 1. The Balaban J connectivity index is 0.00000272. The molecule has 0 saturated carbocycles. The van der Waals surface area contributed by atoms with Crippen molar-refractivity contribution in [3.8, 4) is 5.75 Å². The Labute approximate surface area is 233 Å². The number of carboxylic acids is 1. The van der Waals surface area contributed by atoms with Crippen LogP contribution in [0.1, 0.15) is 15.9 Å². The Morgan fingerprint density at radius 2 is 1.58 bits per heavy atom. The molecule has 0 fully saturated rings. The minimum absolute atomic E-state index is 0. The predicted molar refractivity (Wildman–Crippen MR) is 108 cm³/mol. The van der Waals surface area contributed by atoms with E-state index < -0.39 is 26.7 Å². The fraction of sp³-hybridized carbons (Fsp3) is 0. The number of hydrazone groups is 1. The number of aromatic carboxylic acids is 1. The van der Waals surface area contributed by atoms with Gasteiger partial charge in [-0.15, -0.1) is 10.2 Å². The minimum atomic E-state index is -4.52. The molecule has 158 valence electrons. The van der Waals surface area contributed by atoms with Gasteiger partial charge in [-0.1, -0.05) is 60.3 Å². The molecule has 0 aliphatic carbocycles. The van der Waals surface area contributed by atoms with Crippen LogP contribution < -0.4 is 74.8 Å². The van der Waals surface area contributed by atoms with Gasteiger partial charge in [-0.05, 0) is 18.2 Å². The molecule has 3 aromatic rings. The Kier molecular flexibility index (Phi) is 11.4. The summed E-state index contributed by atoms with van der Waals surface area (Å²) in [4.78, 5) is 10.7. The van der Waals surface area contributed by atoms with E-state index in [1.165, 1.54) is 18.2 Å². The molecule has 13 heteroatoms. The maximum absolute atomic E-state index is 12.0. The van der Waals surface area contributed by atoms with Crippen LogP contribution in [0.15, 0.2) is 93.0 Å². The van der Waals surface area contributed by atoms with Gasteiger partial charge >= 0.3 is 59.1 Å². The zero-order valence-electron chi connectivity index (χ0n) is 17.7. The standard InChI is InChI=1S/C20H16N4O6S.2Na/c25-18-11-10-14(31(28,29)30)12-17(18)22-24-19(13-6-2-1-3-7-13)23-21-16-9-5-4-8-15(16)20(26)27;;/h1-12,22,25H,(H,26,27)(H,28,29,30);;/q;2*+1/p-2. The van der Waals surface area contributed by atoms with Crippen molar-refractivity contribution in [2.24, 2.45) is 15.3 Å². The molecule has 0 heterocycles. The van der Waals surface area contributed by atoms with Crippen molar-refractivity contribution >= 4 is 33.3 Å². The van der Waals surface area contributed by atoms with Crippen LogP contribution in [0.2, 0.25) is 0 Å². The number of anilines is 1. The molecule has 2 N–H and O–H groups in total. The normalized spacial score (nSPS) is 11.4. The molecule has 33 heavy (non-hydrogen) atoms. The van der Waals surface area contributed by atoms with Crippen molar-refractivity contribution in [2.45, 2.75) is 4.90 Å². The first-order valence-electron chi connectivity index (χ1n) is 8.65. The van der Waals surface area contributed by atoms with Crippen molar-refractivity contribution < 1.29 is 87.1 Å². The molecule has 0 saturated heterocycles. The Morgan fingerprint density at radius 1 is 0.939 bits per heavy atom. The molecule has 3 aromatic carbocycles. The average molecular weight is 484 g/mol. The maximum Gasteiger partial charge on any atom is 1.00 e. The van der Waals surface area contributed by atoms with Gasteiger partial charge < -0.3 is 15.0 Å². The smallest absolute Gasteiger partial charge is 0.871 e. The molecule has 0 aliphatic rings. The fourth-order valence-corrected chi connectivity index (χ4v) is 2.94. The van der Waals surface area contributed by atoms with E-state index in [4.69, 9.17) is 4.55 Å². The number of rotatable bonds is 6. The van der Waals surface area contributed by atoms with Crippen LogP contribution in [0.4, 0.5) is 11.4 Å². The number of carboxylic acid groups (broad SMARTS) is 1. The quantitative estimate of drug-likeness (QED) is 0.0897. The Bertz CT molecular complexity index is 1280. The van der Waals surface area contributed by atoms with Crippen LogP contribution in [0, 0.1) is 0 Å². The maximum atomic E-state index is 12.0. The summed E-state index contributed by atoms with van der Waals surface area (Å²) in [6.45, 7) is 0. The molecule has 0 aliphatic heterocycles. The summed E-state index contributed by atoms with van der Waals surface area (Å²) in [6, 6.07) is 17.1. The molecule has 10 nitrogen and oxygen atoms in total. The van der Waals surface area contributed by atoms with E-state index in [0.717, 1.165) is 18.2 Å². The molecule has 0 atom stereocenters. The van der Waals surface area contributed by atoms with Crippen LogP contribution in [0.3, 0.4) is 0 Å². The number of nitrogens with one attached hydrogen (secondary N) is 1. The Hall–Kier alpha value is -2.09. The van der Waals surface area contributed by atoms with E-state index in [1.54, 1.807) is 36.4 Å². The fourth-order valence-electron chi connectivity index (χ4n) is 2.44. The molecule has 0 spiro atoms. The van der Waals surface area contributed by atoms with Gasteiger partial charge in [0, 0.05) is 16.8 Å². The molecule has 0 amide bonds. The number of carbonyl (C=O) groups is 1. The number of hydrogen-bond acceptors (Lipinski definition) is 8. The van der Waals surface area contributed by atoms with E-state index in [-0.39, 0.29) is 81.9 Å². The molecule has 0 radical (unpaired) electrons. The molecule has 0 aromatic heterocycles. The molecule has 0 bridgehead atoms. The Morgan fingerprint density at radius 3 is 2.21 bits per heavy atom. The van der Waals surface area contributed by atoms with Gasteiger partial charge in [0.1, 0.15) is 0 Å². The second-order valence-electron chi connectivity index (χ2n) is 6.05. The van der Waals surface area contributed by atoms with Crippen molar-refractivity contribution in [2.75, 3.05) is 5.43 Å². The zero-order valence-corrected chi connectivity index (χ0v) is 22.5. The van der Waals surface area contributed by atoms with E-state index in [0.29, 0.717) is 5.56 Å². The number of hydrogen-bond donors (Lipinski definition) is 2. The molecule has 0 unspecified atom stereocenters. The second-order valence-corrected chi connectivity index (χ2v) is 7.47. The van der Waals surface area contributed by atoms with E-state index in [1.807, 2.05) is 0 Å². The van der Waals surface area contributed by atoms with Gasteiger partial charge in [0.2, 0.25) is 5.84 Å². The third-order valence-electron chi connectivity index (χ3n) is 3.94. The van der Waals surface area contributed by atoms with Gasteiger partial charge in [-0.25, -0.2) is 0 Å². The number of amidine groups is 1. The third-order valence-corrected chi connectivity index (χ3v) is 4.79. The van der Waals surface area contributed by atoms with Crippen LogP contribution in [0.25, 0.3) is 0 Å². The van der Waals surface area contributed by atoms with E-state index in [2.05, 4.69) is 20.8 Å². The molecule has 3 rings (SSSR count). The first kappa shape index (κ1) is 28.9. The molecular weight excluding hydrogens is 470 g/mol. The van der Waals surface area contributed by atoms with Crippen LogP contribution in [-0.2, 0) is 10.1 Å². The SMILES string of the molecule is O=C([O-])c1ccccc1N=NC(=NNc1cc(S(=O)(=O)O)ccc1[O-])c1ccccc1.[Na+].[Na+]. The number of azo groups is 1. The largest absolute Gasteiger partial charge is 1.00 e. The summed E-state index contributed by atoms with van der Waals surface area (Å²) in [5, 5.41) is 35.1. The number of nitrogens with zero attached hydrogens (tertiary/aromatic N) is 3. The van der Waals surface area contributed by atoms with Crippen LogP contribution in [-0.4, -0.2) is 24.8 Å². The average Bonchev–Trinajstić information content (AvgIpc) is 2.75. The van der Waals surface area contributed by atoms with Crippen molar-refractivity contribution in [1.82, 2.24) is 0 Å². The first-order chi connectivity index (χ1) is 14.8. The van der Waals surface area contributed by atoms with Crippen LogP contribution >= 0.6 is 0 Å². The summed E-state index contributed by atoms with van der Waals surface area (Å²) in [5.74, 6) is -2.03. The van der Waals surface area contributed by atoms with Gasteiger partial charge in [-0.2, -0.15) is 13.5 Å². The summed E-state index contributed by atoms with van der Waals surface area (Å²) < 4.78 is 31.8. The zero-order chi connectivity index (χ0) is 22.4. The summed E-state index contributed by atoms with van der Waals surface area (Å²) >= 11 is 0. The molecular formula is C20H14N4Na2O6S.